The van der Waals surface area contributed by atoms with Crippen LogP contribution in [0.2, 0.25) is 0 Å². The van der Waals surface area contributed by atoms with Crippen LogP contribution in [0.4, 0.5) is 4.79 Å². The first-order chi connectivity index (χ1) is 9.10. The fraction of sp³-hybridized carbons (Fsp3) is 0.308. The van der Waals surface area contributed by atoms with Crippen molar-refractivity contribution in [1.29, 1.82) is 0 Å². The highest BCUT2D eigenvalue weighted by molar-refractivity contribution is 7.81. The van der Waals surface area contributed by atoms with E-state index in [2.05, 4.69) is 0 Å². The summed E-state index contributed by atoms with van der Waals surface area (Å²) in [4.78, 5) is 27.1. The van der Waals surface area contributed by atoms with Crippen molar-refractivity contribution < 1.29 is 14.0 Å². The van der Waals surface area contributed by atoms with Crippen LogP contribution in [0.5, 0.6) is 0 Å². The summed E-state index contributed by atoms with van der Waals surface area (Å²) in [6.45, 7) is 4.31. The van der Waals surface area contributed by atoms with Crippen molar-refractivity contribution in [3.8, 4) is 0 Å². The van der Waals surface area contributed by atoms with Crippen LogP contribution in [0, 0.1) is 0 Å². The van der Waals surface area contributed by atoms with Crippen LogP contribution in [0.25, 0.3) is 6.08 Å². The molecule has 0 aliphatic carbocycles. The Bertz CT molecular complexity index is 520. The molecule has 1 aliphatic heterocycles. The molecule has 5 nitrogen and oxygen atoms in total. The first kappa shape index (κ1) is 13.5. The molecule has 6 heteroatoms. The molecule has 19 heavy (non-hydrogen) atoms. The Hall–Kier alpha value is -1.95. The number of carbonyl (C=O) groups excluding carboxylic acids is 2. The first-order valence-corrected chi connectivity index (χ1v) is 6.43. The third-order valence-corrected chi connectivity index (χ3v) is 3.32. The minimum Gasteiger partial charge on any atom is -0.465 e. The predicted octanol–water partition coefficient (Wildman–Crippen LogP) is 2.29. The predicted molar refractivity (Wildman–Crippen MR) is 74.4 cm³/mol. The molecular formula is C13H14N2O3S. The van der Waals surface area contributed by atoms with Gasteiger partial charge in [-0.15, -0.1) is 0 Å². The lowest BCUT2D eigenvalue weighted by atomic mass is 10.1. The van der Waals surface area contributed by atoms with Gasteiger partial charge in [0.1, 0.15) is 10.7 Å². The van der Waals surface area contributed by atoms with Gasteiger partial charge in [0.2, 0.25) is 0 Å². The monoisotopic (exact) mass is 278 g/mol. The average Bonchev–Trinajstić information content (AvgIpc) is 2.88. The van der Waals surface area contributed by atoms with E-state index in [1.165, 1.54) is 16.1 Å². The van der Waals surface area contributed by atoms with E-state index in [1.807, 2.05) is 6.92 Å². The zero-order valence-electron chi connectivity index (χ0n) is 10.8. The molecule has 0 bridgehead atoms. The van der Waals surface area contributed by atoms with E-state index in [1.54, 1.807) is 25.1 Å². The van der Waals surface area contributed by atoms with Crippen molar-refractivity contribution in [1.82, 2.24) is 9.80 Å². The van der Waals surface area contributed by atoms with Crippen LogP contribution >= 0.6 is 12.2 Å². The lowest BCUT2D eigenvalue weighted by molar-refractivity contribution is -0.124. The van der Waals surface area contributed by atoms with Crippen LogP contribution in [0.3, 0.4) is 0 Å². The zero-order chi connectivity index (χ0) is 14.0. The van der Waals surface area contributed by atoms with Gasteiger partial charge in [0.05, 0.1) is 11.8 Å². The SMILES string of the molecule is CCN1C(=O)C(=Cc2ccco2)C(=S)N(CC)C1=O. The fourth-order valence-electron chi connectivity index (χ4n) is 1.90. The molecule has 2 rings (SSSR count). The van der Waals surface area contributed by atoms with Crippen molar-refractivity contribution in [2.24, 2.45) is 0 Å². The van der Waals surface area contributed by atoms with Crippen LogP contribution in [0.15, 0.2) is 28.4 Å². The maximum Gasteiger partial charge on any atom is 0.332 e. The second-order valence-corrected chi connectivity index (χ2v) is 4.34. The summed E-state index contributed by atoms with van der Waals surface area (Å²) in [6, 6.07) is 3.09. The van der Waals surface area contributed by atoms with Crippen LogP contribution in [-0.2, 0) is 4.79 Å². The van der Waals surface area contributed by atoms with Gasteiger partial charge < -0.3 is 4.42 Å². The highest BCUT2D eigenvalue weighted by Gasteiger charge is 2.37. The Balaban J connectivity index is 2.44. The molecule has 1 aromatic rings. The van der Waals surface area contributed by atoms with E-state index < -0.39 is 0 Å². The molecule has 0 N–H and O–H groups in total. The zero-order valence-corrected chi connectivity index (χ0v) is 11.6. The van der Waals surface area contributed by atoms with Gasteiger partial charge in [-0.05, 0) is 32.1 Å². The molecule has 2 heterocycles. The van der Waals surface area contributed by atoms with Crippen LogP contribution in [0.1, 0.15) is 19.6 Å². The summed E-state index contributed by atoms with van der Waals surface area (Å²) in [5, 5.41) is 0. The number of thiocarbonyl (C=S) groups is 1. The maximum atomic E-state index is 12.2. The number of imide groups is 1. The van der Waals surface area contributed by atoms with E-state index in [4.69, 9.17) is 16.6 Å². The number of hydrogen-bond donors (Lipinski definition) is 0. The van der Waals surface area contributed by atoms with Gasteiger partial charge in [-0.3, -0.25) is 14.6 Å². The molecule has 0 spiro atoms. The maximum absolute atomic E-state index is 12.2. The third kappa shape index (κ3) is 2.31. The summed E-state index contributed by atoms with van der Waals surface area (Å²) in [5.74, 6) is 0.158. The van der Waals surface area contributed by atoms with E-state index >= 15 is 0 Å². The highest BCUT2D eigenvalue weighted by atomic mass is 32.1. The highest BCUT2D eigenvalue weighted by Crippen LogP contribution is 2.21. The molecule has 100 valence electrons. The Morgan fingerprint density at radius 3 is 2.47 bits per heavy atom. The van der Waals surface area contributed by atoms with Gasteiger partial charge in [0, 0.05) is 13.1 Å². The molecule has 1 aliphatic rings. The summed E-state index contributed by atoms with van der Waals surface area (Å²) in [7, 11) is 0. The summed E-state index contributed by atoms with van der Waals surface area (Å²) < 4.78 is 5.19. The number of carbonyl (C=O) groups is 2. The largest absolute Gasteiger partial charge is 0.465 e. The quantitative estimate of drug-likeness (QED) is 0.629. The number of rotatable bonds is 3. The van der Waals surface area contributed by atoms with Crippen LogP contribution in [-0.4, -0.2) is 39.8 Å². The molecule has 1 saturated heterocycles. The van der Waals surface area contributed by atoms with E-state index in [0.29, 0.717) is 24.4 Å². The number of likely N-dealkylation sites (N-methyl/N-ethyl adjacent to an activating group) is 2. The first-order valence-electron chi connectivity index (χ1n) is 6.03. The Kier molecular flexibility index (Phi) is 3.80. The van der Waals surface area contributed by atoms with Crippen molar-refractivity contribution in [2.45, 2.75) is 13.8 Å². The van der Waals surface area contributed by atoms with Crippen molar-refractivity contribution >= 4 is 35.2 Å². The number of amides is 3. The van der Waals surface area contributed by atoms with Crippen molar-refractivity contribution in [2.75, 3.05) is 13.1 Å². The lowest BCUT2D eigenvalue weighted by Crippen LogP contribution is -2.55. The third-order valence-electron chi connectivity index (χ3n) is 2.88. The molecule has 0 saturated carbocycles. The Labute approximate surface area is 116 Å². The van der Waals surface area contributed by atoms with E-state index in [0.717, 1.165) is 0 Å². The van der Waals surface area contributed by atoms with Gasteiger partial charge in [0.15, 0.2) is 0 Å². The van der Waals surface area contributed by atoms with Gasteiger partial charge in [-0.25, -0.2) is 4.79 Å². The minimum absolute atomic E-state index is 0.249. The smallest absolute Gasteiger partial charge is 0.332 e. The molecule has 3 amide bonds. The van der Waals surface area contributed by atoms with Gasteiger partial charge in [0.25, 0.3) is 5.91 Å². The number of furan rings is 1. The Morgan fingerprint density at radius 1 is 1.26 bits per heavy atom. The summed E-state index contributed by atoms with van der Waals surface area (Å²) >= 11 is 5.22. The number of urea groups is 1. The molecule has 1 aromatic heterocycles. The minimum atomic E-state index is -0.376. The van der Waals surface area contributed by atoms with E-state index in [9.17, 15) is 9.59 Å². The van der Waals surface area contributed by atoms with Gasteiger partial charge >= 0.3 is 6.03 Å². The molecule has 1 fully saturated rings. The van der Waals surface area contributed by atoms with Gasteiger partial charge in [-0.2, -0.15) is 0 Å². The molecule has 0 atom stereocenters. The molecular weight excluding hydrogens is 264 g/mol. The molecule has 0 aromatic carbocycles. The fourth-order valence-corrected chi connectivity index (χ4v) is 2.25. The normalized spacial score (nSPS) is 18.6. The second kappa shape index (κ2) is 5.36. The van der Waals surface area contributed by atoms with Crippen molar-refractivity contribution in [3.63, 3.8) is 0 Å². The summed E-state index contributed by atoms with van der Waals surface area (Å²) in [6.07, 6.45) is 3.09. The summed E-state index contributed by atoms with van der Waals surface area (Å²) in [5.41, 5.74) is 0.313. The van der Waals surface area contributed by atoms with Crippen molar-refractivity contribution in [3.05, 3.63) is 29.7 Å². The molecule has 0 radical (unpaired) electrons. The standard InChI is InChI=1S/C13H14N2O3S/c1-3-14-11(16)10(8-9-6-5-7-18-9)12(19)15(4-2)13(14)17/h5-8H,3-4H2,1-2H3. The average molecular weight is 278 g/mol. The van der Waals surface area contributed by atoms with Crippen LogP contribution < -0.4 is 0 Å². The van der Waals surface area contributed by atoms with Gasteiger partial charge in [-0.1, -0.05) is 12.2 Å². The number of hydrogen-bond acceptors (Lipinski definition) is 4. The number of nitrogens with zero attached hydrogens (tertiary/aromatic N) is 2. The topological polar surface area (TPSA) is 53.8 Å². The second-order valence-electron chi connectivity index (χ2n) is 3.95. The Morgan fingerprint density at radius 2 is 1.95 bits per heavy atom. The lowest BCUT2D eigenvalue weighted by Gasteiger charge is -2.34. The molecule has 0 unspecified atom stereocenters. The van der Waals surface area contributed by atoms with E-state index in [-0.39, 0.29) is 16.9 Å².